The Morgan fingerprint density at radius 1 is 1.14 bits per heavy atom. The second-order valence-corrected chi connectivity index (χ2v) is 4.90. The zero-order valence-corrected chi connectivity index (χ0v) is 12.1. The first-order chi connectivity index (χ1) is 10.7. The van der Waals surface area contributed by atoms with Crippen molar-refractivity contribution in [3.05, 3.63) is 66.3 Å². The van der Waals surface area contributed by atoms with Gasteiger partial charge in [0.15, 0.2) is 0 Å². The van der Waals surface area contributed by atoms with Crippen molar-refractivity contribution in [2.75, 3.05) is 5.32 Å². The molecular weight excluding hydrogens is 280 g/mol. The Kier molecular flexibility index (Phi) is 3.96. The quantitative estimate of drug-likeness (QED) is 0.759. The van der Waals surface area contributed by atoms with Crippen molar-refractivity contribution in [1.82, 2.24) is 5.32 Å². The molecule has 2 aromatic heterocycles. The first kappa shape index (κ1) is 14.0. The highest BCUT2D eigenvalue weighted by atomic mass is 16.3. The first-order valence-corrected chi connectivity index (χ1v) is 6.94. The van der Waals surface area contributed by atoms with Crippen molar-refractivity contribution in [2.24, 2.45) is 0 Å². The third-order valence-corrected chi connectivity index (χ3v) is 3.28. The number of aryl methyl sites for hydroxylation is 1. The fourth-order valence-electron chi connectivity index (χ4n) is 2.08. The third kappa shape index (κ3) is 3.20. The zero-order chi connectivity index (χ0) is 15.4. The van der Waals surface area contributed by atoms with Crippen molar-refractivity contribution in [3.8, 4) is 11.3 Å². The highest BCUT2D eigenvalue weighted by Gasteiger charge is 2.08. The molecule has 5 heteroatoms. The molecule has 112 valence electrons. The molecule has 0 aliphatic carbocycles. The summed E-state index contributed by atoms with van der Waals surface area (Å²) in [6.45, 7) is 2.26. The molecule has 2 N–H and O–H groups in total. The van der Waals surface area contributed by atoms with E-state index in [9.17, 15) is 4.79 Å². The highest BCUT2D eigenvalue weighted by Crippen LogP contribution is 2.22. The molecule has 1 aromatic carbocycles. The van der Waals surface area contributed by atoms with Crippen LogP contribution in [0.25, 0.3) is 11.3 Å². The van der Waals surface area contributed by atoms with Crippen molar-refractivity contribution in [1.29, 1.82) is 0 Å². The minimum absolute atomic E-state index is 0.268. The van der Waals surface area contributed by atoms with E-state index in [0.29, 0.717) is 18.1 Å². The number of hydrogen-bond acceptors (Lipinski definition) is 3. The molecule has 5 nitrogen and oxygen atoms in total. The number of benzene rings is 1. The number of nitrogens with one attached hydrogen (secondary N) is 2. The van der Waals surface area contributed by atoms with Gasteiger partial charge in [-0.1, -0.05) is 18.2 Å². The van der Waals surface area contributed by atoms with Gasteiger partial charge in [-0.15, -0.1) is 0 Å². The molecule has 2 amide bonds. The predicted molar refractivity (Wildman–Crippen MR) is 83.4 cm³/mol. The lowest BCUT2D eigenvalue weighted by atomic mass is 10.2. The Labute approximate surface area is 127 Å². The van der Waals surface area contributed by atoms with Crippen LogP contribution in [0.15, 0.2) is 63.8 Å². The van der Waals surface area contributed by atoms with Gasteiger partial charge in [0.05, 0.1) is 18.4 Å². The number of rotatable bonds is 4. The molecule has 0 fully saturated rings. The van der Waals surface area contributed by atoms with Crippen LogP contribution in [0.5, 0.6) is 0 Å². The summed E-state index contributed by atoms with van der Waals surface area (Å²) in [6.07, 6.45) is 3.20. The van der Waals surface area contributed by atoms with E-state index in [4.69, 9.17) is 8.83 Å². The van der Waals surface area contributed by atoms with E-state index in [-0.39, 0.29) is 6.03 Å². The lowest BCUT2D eigenvalue weighted by molar-refractivity contribution is 0.251. The maximum atomic E-state index is 11.9. The summed E-state index contributed by atoms with van der Waals surface area (Å²) < 4.78 is 10.7. The van der Waals surface area contributed by atoms with Gasteiger partial charge in [0, 0.05) is 5.69 Å². The molecule has 3 rings (SSSR count). The maximum Gasteiger partial charge on any atom is 0.319 e. The molecule has 0 bridgehead atoms. The number of carbonyl (C=O) groups is 1. The first-order valence-electron chi connectivity index (χ1n) is 6.94. The van der Waals surface area contributed by atoms with E-state index in [0.717, 1.165) is 16.8 Å². The lowest BCUT2D eigenvalue weighted by Crippen LogP contribution is -2.28. The number of furan rings is 2. The van der Waals surface area contributed by atoms with E-state index < -0.39 is 0 Å². The number of para-hydroxylation sites is 1. The van der Waals surface area contributed by atoms with Crippen LogP contribution in [0.3, 0.4) is 0 Å². The molecule has 0 unspecified atom stereocenters. The summed E-state index contributed by atoms with van der Waals surface area (Å²) in [5, 5.41) is 5.57. The van der Waals surface area contributed by atoms with E-state index >= 15 is 0 Å². The van der Waals surface area contributed by atoms with Crippen LogP contribution in [0.2, 0.25) is 0 Å². The Hall–Kier alpha value is -2.95. The average Bonchev–Trinajstić information content (AvgIpc) is 3.18. The summed E-state index contributed by atoms with van der Waals surface area (Å²) >= 11 is 0. The standard InChI is InChI=1S/C17H16N2O3/c1-12-4-2-3-5-15(12)19-17(20)18-10-14-6-7-16(22-14)13-8-9-21-11-13/h2-9,11H,10H2,1H3,(H2,18,19,20). The monoisotopic (exact) mass is 296 g/mol. The number of anilines is 1. The van der Waals surface area contributed by atoms with Crippen LogP contribution in [0, 0.1) is 6.92 Å². The van der Waals surface area contributed by atoms with Crippen LogP contribution < -0.4 is 10.6 Å². The highest BCUT2D eigenvalue weighted by molar-refractivity contribution is 5.89. The van der Waals surface area contributed by atoms with Gasteiger partial charge in [0.25, 0.3) is 0 Å². The van der Waals surface area contributed by atoms with E-state index in [1.54, 1.807) is 12.5 Å². The van der Waals surface area contributed by atoms with Gasteiger partial charge in [-0.2, -0.15) is 0 Å². The largest absolute Gasteiger partial charge is 0.472 e. The summed E-state index contributed by atoms with van der Waals surface area (Å²) in [6, 6.07) is 12.8. The van der Waals surface area contributed by atoms with Crippen molar-refractivity contribution < 1.29 is 13.6 Å². The minimum atomic E-state index is -0.268. The second kappa shape index (κ2) is 6.22. The molecule has 0 saturated carbocycles. The van der Waals surface area contributed by atoms with Crippen molar-refractivity contribution in [3.63, 3.8) is 0 Å². The van der Waals surface area contributed by atoms with Crippen molar-refractivity contribution in [2.45, 2.75) is 13.5 Å². The molecule has 2 heterocycles. The molecule has 22 heavy (non-hydrogen) atoms. The van der Waals surface area contributed by atoms with Crippen LogP contribution >= 0.6 is 0 Å². The molecule has 0 atom stereocenters. The maximum absolute atomic E-state index is 11.9. The second-order valence-electron chi connectivity index (χ2n) is 4.90. The molecule has 0 aliphatic heterocycles. The molecule has 0 radical (unpaired) electrons. The van der Waals surface area contributed by atoms with Gasteiger partial charge in [-0.25, -0.2) is 4.79 Å². The van der Waals surface area contributed by atoms with Crippen LogP contribution in [0.4, 0.5) is 10.5 Å². The summed E-state index contributed by atoms with van der Waals surface area (Å²) in [7, 11) is 0. The lowest BCUT2D eigenvalue weighted by Gasteiger charge is -2.08. The van der Waals surface area contributed by atoms with E-state index in [1.807, 2.05) is 49.4 Å². The topological polar surface area (TPSA) is 67.4 Å². The van der Waals surface area contributed by atoms with Gasteiger partial charge < -0.3 is 19.5 Å². The van der Waals surface area contributed by atoms with Crippen molar-refractivity contribution >= 4 is 11.7 Å². The van der Waals surface area contributed by atoms with Gasteiger partial charge in [0.1, 0.15) is 17.8 Å². The predicted octanol–water partition coefficient (Wildman–Crippen LogP) is 4.17. The van der Waals surface area contributed by atoms with Gasteiger partial charge in [-0.3, -0.25) is 0 Å². The third-order valence-electron chi connectivity index (χ3n) is 3.28. The number of urea groups is 1. The molecule has 3 aromatic rings. The molecule has 0 spiro atoms. The normalized spacial score (nSPS) is 10.4. The fourth-order valence-corrected chi connectivity index (χ4v) is 2.08. The van der Waals surface area contributed by atoms with Crippen LogP contribution in [-0.2, 0) is 6.54 Å². The summed E-state index contributed by atoms with van der Waals surface area (Å²) in [5.41, 5.74) is 2.67. The Morgan fingerprint density at radius 2 is 2.00 bits per heavy atom. The van der Waals surface area contributed by atoms with E-state index in [2.05, 4.69) is 10.6 Å². The molecular formula is C17H16N2O3. The summed E-state index contributed by atoms with van der Waals surface area (Å²) in [5.74, 6) is 1.39. The van der Waals surface area contributed by atoms with Crippen LogP contribution in [0.1, 0.15) is 11.3 Å². The van der Waals surface area contributed by atoms with Gasteiger partial charge >= 0.3 is 6.03 Å². The molecule has 0 saturated heterocycles. The van der Waals surface area contributed by atoms with Gasteiger partial charge in [-0.05, 0) is 36.8 Å². The molecule has 0 aliphatic rings. The smallest absolute Gasteiger partial charge is 0.319 e. The van der Waals surface area contributed by atoms with E-state index in [1.165, 1.54) is 0 Å². The van der Waals surface area contributed by atoms with Gasteiger partial charge in [0.2, 0.25) is 0 Å². The van der Waals surface area contributed by atoms with Crippen LogP contribution in [-0.4, -0.2) is 6.03 Å². The fraction of sp³-hybridized carbons (Fsp3) is 0.118. The Balaban J connectivity index is 1.56. The average molecular weight is 296 g/mol. The number of carbonyl (C=O) groups excluding carboxylic acids is 1. The SMILES string of the molecule is Cc1ccccc1NC(=O)NCc1ccc(-c2ccoc2)o1. The zero-order valence-electron chi connectivity index (χ0n) is 12.1. The Morgan fingerprint density at radius 3 is 2.77 bits per heavy atom. The summed E-state index contributed by atoms with van der Waals surface area (Å²) in [4.78, 5) is 11.9. The number of amides is 2. The number of hydrogen-bond donors (Lipinski definition) is 2. The minimum Gasteiger partial charge on any atom is -0.472 e. The Bertz CT molecular complexity index is 760.